The Morgan fingerprint density at radius 2 is 1.84 bits per heavy atom. The Hall–Kier alpha value is -3.06. The van der Waals surface area contributed by atoms with E-state index in [-0.39, 0.29) is 17.8 Å². The van der Waals surface area contributed by atoms with Crippen LogP contribution in [0.1, 0.15) is 83.2 Å². The third kappa shape index (κ3) is 6.87. The molecule has 0 fully saturated rings. The number of thiazole rings is 1. The van der Waals surface area contributed by atoms with E-state index >= 15 is 0 Å². The normalized spacial score (nSPS) is 15.5. The van der Waals surface area contributed by atoms with Gasteiger partial charge in [-0.2, -0.15) is 4.57 Å². The van der Waals surface area contributed by atoms with Crippen LogP contribution in [0.4, 0.5) is 5.69 Å². The first-order chi connectivity index (χ1) is 20.9. The minimum absolute atomic E-state index is 0.0928. The number of fused-ring (bicyclic) bond motifs is 2. The Balaban J connectivity index is 1.59. The highest BCUT2D eigenvalue weighted by Gasteiger charge is 2.40. The molecule has 1 N–H and O–H groups in total. The van der Waals surface area contributed by atoms with Crippen LogP contribution >= 0.6 is 22.7 Å². The number of para-hydroxylation sites is 1. The number of anilines is 1. The lowest BCUT2D eigenvalue weighted by Crippen LogP contribution is -2.33. The van der Waals surface area contributed by atoms with Gasteiger partial charge in [0.05, 0.1) is 0 Å². The van der Waals surface area contributed by atoms with Gasteiger partial charge in [-0.3, -0.25) is 4.79 Å². The maximum absolute atomic E-state index is 12.0. The molecule has 0 unspecified atom stereocenters. The van der Waals surface area contributed by atoms with Gasteiger partial charge in [0.2, 0.25) is 5.52 Å². The molecular weight excluding hydrogens is 569 g/mol. The number of aliphatic hydroxyl groups excluding tert-OH is 1. The standard InChI is InChI=1S/C37H45N2O2S2/c1-5-7-8-11-21-39-31-20-19-28(33-18-13-22-42-33)25-30(31)37(3,4)35(39)23-27(14-12-15-29(41)26-40)24-36-38(6-2)32-16-9-10-17-34(32)43-36/h9-10,13,16-20,22-25,40H,5-8,11-12,14-15,21,26H2,1-4H3/q+1. The number of aliphatic hydroxyl groups is 1. The van der Waals surface area contributed by atoms with Crippen molar-refractivity contribution in [3.63, 3.8) is 0 Å². The smallest absolute Gasteiger partial charge is 0.263 e. The monoisotopic (exact) mass is 613 g/mol. The van der Waals surface area contributed by atoms with Crippen molar-refractivity contribution in [1.82, 2.24) is 0 Å². The van der Waals surface area contributed by atoms with E-state index in [0.29, 0.717) is 6.42 Å². The molecule has 2 aromatic carbocycles. The molecule has 43 heavy (non-hydrogen) atoms. The second kappa shape index (κ2) is 14.1. The van der Waals surface area contributed by atoms with Crippen molar-refractivity contribution in [3.8, 4) is 10.4 Å². The highest BCUT2D eigenvalue weighted by Crippen LogP contribution is 2.50. The number of rotatable bonds is 14. The Morgan fingerprint density at radius 3 is 2.58 bits per heavy atom. The minimum Gasteiger partial charge on any atom is -0.389 e. The summed E-state index contributed by atoms with van der Waals surface area (Å²) in [7, 11) is 0. The number of allylic oxidation sites excluding steroid dienone is 3. The number of hydrogen-bond donors (Lipinski definition) is 1. The summed E-state index contributed by atoms with van der Waals surface area (Å²) in [6.07, 6.45) is 11.5. The summed E-state index contributed by atoms with van der Waals surface area (Å²) in [5.74, 6) is -0.0928. The third-order valence-corrected chi connectivity index (χ3v) is 10.6. The topological polar surface area (TPSA) is 44.4 Å². The van der Waals surface area contributed by atoms with E-state index in [1.165, 1.54) is 67.4 Å². The van der Waals surface area contributed by atoms with Crippen molar-refractivity contribution in [3.05, 3.63) is 87.9 Å². The van der Waals surface area contributed by atoms with Gasteiger partial charge in [-0.05, 0) is 78.6 Å². The highest BCUT2D eigenvalue weighted by atomic mass is 32.1. The lowest BCUT2D eigenvalue weighted by Gasteiger charge is -2.28. The summed E-state index contributed by atoms with van der Waals surface area (Å²) in [5.41, 5.74) is 7.61. The fourth-order valence-electron chi connectivity index (χ4n) is 6.24. The molecule has 0 spiro atoms. The molecule has 0 atom stereocenters. The van der Waals surface area contributed by atoms with Crippen molar-refractivity contribution in [2.24, 2.45) is 0 Å². The molecule has 0 saturated carbocycles. The summed E-state index contributed by atoms with van der Waals surface area (Å²) >= 11 is 3.61. The number of aryl methyl sites for hydroxylation is 1. The molecule has 0 amide bonds. The molecule has 6 heteroatoms. The van der Waals surface area contributed by atoms with Gasteiger partial charge in [0.15, 0.2) is 5.78 Å². The van der Waals surface area contributed by atoms with Crippen molar-refractivity contribution in [2.75, 3.05) is 18.1 Å². The predicted octanol–water partition coefficient (Wildman–Crippen LogP) is 9.31. The van der Waals surface area contributed by atoms with Crippen molar-refractivity contribution in [1.29, 1.82) is 0 Å². The summed E-state index contributed by atoms with van der Waals surface area (Å²) in [6.45, 7) is 10.7. The molecule has 0 bridgehead atoms. The molecule has 3 heterocycles. The predicted molar refractivity (Wildman–Crippen MR) is 184 cm³/mol. The van der Waals surface area contributed by atoms with E-state index in [4.69, 9.17) is 0 Å². The Morgan fingerprint density at radius 1 is 1.00 bits per heavy atom. The molecule has 0 aliphatic carbocycles. The number of aromatic nitrogens is 1. The summed E-state index contributed by atoms with van der Waals surface area (Å²) in [5, 5.41) is 12.7. The fourth-order valence-corrected chi connectivity index (χ4v) is 8.17. The average Bonchev–Trinajstić information content (AvgIpc) is 3.72. The van der Waals surface area contributed by atoms with Crippen LogP contribution in [-0.2, 0) is 16.8 Å². The van der Waals surface area contributed by atoms with Gasteiger partial charge in [0.25, 0.3) is 5.01 Å². The zero-order valence-electron chi connectivity index (χ0n) is 26.1. The number of unbranched alkanes of at least 4 members (excludes halogenated alkanes) is 3. The average molecular weight is 614 g/mol. The quantitative estimate of drug-likeness (QED) is 0.114. The first-order valence-electron chi connectivity index (χ1n) is 15.8. The Kier molecular flexibility index (Phi) is 10.3. The first kappa shape index (κ1) is 31.4. The molecule has 0 radical (unpaired) electrons. The van der Waals surface area contributed by atoms with Gasteiger partial charge in [0.1, 0.15) is 17.9 Å². The van der Waals surface area contributed by atoms with Gasteiger partial charge in [0, 0.05) is 46.8 Å². The Labute approximate surface area is 265 Å². The zero-order chi connectivity index (χ0) is 30.4. The summed E-state index contributed by atoms with van der Waals surface area (Å²) in [6, 6.07) is 19.9. The van der Waals surface area contributed by atoms with Crippen LogP contribution in [0.5, 0.6) is 0 Å². The zero-order valence-corrected chi connectivity index (χ0v) is 27.7. The van der Waals surface area contributed by atoms with E-state index < -0.39 is 0 Å². The highest BCUT2D eigenvalue weighted by molar-refractivity contribution is 7.18. The molecule has 0 saturated heterocycles. The van der Waals surface area contributed by atoms with Gasteiger partial charge in [-0.15, -0.1) is 11.3 Å². The largest absolute Gasteiger partial charge is 0.389 e. The van der Waals surface area contributed by atoms with E-state index in [1.807, 2.05) is 11.3 Å². The van der Waals surface area contributed by atoms with E-state index in [1.54, 1.807) is 11.3 Å². The number of hydrogen-bond acceptors (Lipinski definition) is 5. The minimum atomic E-state index is -0.382. The molecule has 226 valence electrons. The number of carbonyl (C=O) groups is 1. The Bertz CT molecular complexity index is 1610. The molecule has 1 aliphatic rings. The van der Waals surface area contributed by atoms with Gasteiger partial charge < -0.3 is 10.0 Å². The first-order valence-corrected chi connectivity index (χ1v) is 17.5. The maximum Gasteiger partial charge on any atom is 0.263 e. The van der Waals surface area contributed by atoms with Crippen LogP contribution in [0.25, 0.3) is 26.7 Å². The number of nitrogens with zero attached hydrogens (tertiary/aromatic N) is 2. The molecule has 4 nitrogen and oxygen atoms in total. The number of thiophene rings is 1. The van der Waals surface area contributed by atoms with Crippen molar-refractivity contribution < 1.29 is 14.5 Å². The molecule has 4 aromatic rings. The van der Waals surface area contributed by atoms with Crippen molar-refractivity contribution >= 4 is 50.4 Å². The number of carbonyl (C=O) groups excluding carboxylic acids is 1. The van der Waals surface area contributed by atoms with E-state index in [0.717, 1.165) is 32.4 Å². The van der Waals surface area contributed by atoms with Crippen LogP contribution in [0, 0.1) is 0 Å². The number of Topliss-reactive ketones (excluding diaryl/α,β-unsaturated/α-hetero) is 1. The van der Waals surface area contributed by atoms with Crippen LogP contribution in [0.15, 0.2) is 77.3 Å². The summed E-state index contributed by atoms with van der Waals surface area (Å²) < 4.78 is 3.67. The van der Waals surface area contributed by atoms with Crippen molar-refractivity contribution in [2.45, 2.75) is 84.6 Å². The number of ketones is 1. The summed E-state index contributed by atoms with van der Waals surface area (Å²) in [4.78, 5) is 15.9. The molecule has 2 aromatic heterocycles. The van der Waals surface area contributed by atoms with Crippen LogP contribution in [0.2, 0.25) is 0 Å². The third-order valence-electron chi connectivity index (χ3n) is 8.61. The van der Waals surface area contributed by atoms with E-state index in [2.05, 4.69) is 109 Å². The number of benzene rings is 2. The van der Waals surface area contributed by atoms with Crippen LogP contribution < -0.4 is 9.47 Å². The second-order valence-corrected chi connectivity index (χ2v) is 14.0. The van der Waals surface area contributed by atoms with Gasteiger partial charge in [-0.1, -0.05) is 75.6 Å². The lowest BCUT2D eigenvalue weighted by molar-refractivity contribution is -0.665. The second-order valence-electron chi connectivity index (χ2n) is 12.0. The molecule has 5 rings (SSSR count). The van der Waals surface area contributed by atoms with Crippen LogP contribution in [-0.4, -0.2) is 24.0 Å². The maximum atomic E-state index is 12.0. The molecule has 1 aliphatic heterocycles. The SMILES string of the molecule is CCCCCCN1/C(=C/C(=C/c2sc3ccccc3[n+]2CC)CCCC(=O)CO)C(C)(C)c2cc(-c3cccs3)ccc21. The van der Waals surface area contributed by atoms with Gasteiger partial charge >= 0.3 is 0 Å². The molecular formula is C37H45N2O2S2+. The lowest BCUT2D eigenvalue weighted by atomic mass is 9.82. The fraction of sp³-hybridized carbons (Fsp3) is 0.405. The van der Waals surface area contributed by atoms with Crippen LogP contribution in [0.3, 0.4) is 0 Å². The van der Waals surface area contributed by atoms with Gasteiger partial charge in [-0.25, -0.2) is 0 Å². The van der Waals surface area contributed by atoms with E-state index in [9.17, 15) is 9.90 Å².